The van der Waals surface area contributed by atoms with Gasteiger partial charge in [-0.1, -0.05) is 13.8 Å². The van der Waals surface area contributed by atoms with Crippen LogP contribution in [0.2, 0.25) is 0 Å². The largest absolute Gasteiger partial charge is 0.497 e. The van der Waals surface area contributed by atoms with Gasteiger partial charge >= 0.3 is 0 Å². The first-order valence-corrected chi connectivity index (χ1v) is 9.29. The highest BCUT2D eigenvalue weighted by atomic mass is 16.5. The molecule has 1 atom stereocenters. The van der Waals surface area contributed by atoms with Crippen LogP contribution in [0.4, 0.5) is 17.5 Å². The Morgan fingerprint density at radius 1 is 1.15 bits per heavy atom. The minimum Gasteiger partial charge on any atom is -0.497 e. The minimum absolute atomic E-state index is 0.0315. The SMILES string of the molecule is COc1ccc(Nc2cc(C3CC3)nc(N[C@H](CO)C(C)C)n2)c(OC)c1. The van der Waals surface area contributed by atoms with Crippen molar-refractivity contribution >= 4 is 17.5 Å². The molecular formula is C20H28N4O3. The van der Waals surface area contributed by atoms with Crippen molar-refractivity contribution in [1.29, 1.82) is 0 Å². The summed E-state index contributed by atoms with van der Waals surface area (Å²) in [5.41, 5.74) is 1.81. The second kappa shape index (κ2) is 8.43. The maximum atomic E-state index is 9.61. The maximum absolute atomic E-state index is 9.61. The van der Waals surface area contributed by atoms with Crippen molar-refractivity contribution in [3.63, 3.8) is 0 Å². The third-order valence-electron chi connectivity index (χ3n) is 4.73. The molecule has 0 radical (unpaired) electrons. The number of hydrogen-bond donors (Lipinski definition) is 3. The average Bonchev–Trinajstić information content (AvgIpc) is 3.51. The summed E-state index contributed by atoms with van der Waals surface area (Å²) in [5, 5.41) is 16.2. The number of aromatic nitrogens is 2. The molecule has 1 heterocycles. The third kappa shape index (κ3) is 4.80. The molecule has 2 aromatic rings. The smallest absolute Gasteiger partial charge is 0.225 e. The quantitative estimate of drug-likeness (QED) is 0.620. The van der Waals surface area contributed by atoms with E-state index >= 15 is 0 Å². The molecule has 146 valence electrons. The molecule has 7 nitrogen and oxygen atoms in total. The van der Waals surface area contributed by atoms with Crippen molar-refractivity contribution < 1.29 is 14.6 Å². The van der Waals surface area contributed by atoms with E-state index in [0.29, 0.717) is 23.4 Å². The average molecular weight is 372 g/mol. The molecule has 0 saturated heterocycles. The van der Waals surface area contributed by atoms with E-state index in [0.717, 1.165) is 30.0 Å². The fourth-order valence-corrected chi connectivity index (χ4v) is 2.81. The van der Waals surface area contributed by atoms with Gasteiger partial charge in [-0.25, -0.2) is 4.98 Å². The summed E-state index contributed by atoms with van der Waals surface area (Å²) in [6.07, 6.45) is 2.30. The zero-order valence-electron chi connectivity index (χ0n) is 16.3. The molecule has 7 heteroatoms. The molecule has 0 spiro atoms. The summed E-state index contributed by atoms with van der Waals surface area (Å²) >= 11 is 0. The Balaban J connectivity index is 1.88. The molecule has 3 N–H and O–H groups in total. The van der Waals surface area contributed by atoms with Crippen molar-refractivity contribution in [2.75, 3.05) is 31.5 Å². The van der Waals surface area contributed by atoms with Gasteiger partial charge in [0.1, 0.15) is 17.3 Å². The van der Waals surface area contributed by atoms with Gasteiger partial charge in [-0.15, -0.1) is 0 Å². The predicted octanol–water partition coefficient (Wildman–Crippen LogP) is 3.54. The van der Waals surface area contributed by atoms with Crippen LogP contribution in [-0.2, 0) is 0 Å². The highest BCUT2D eigenvalue weighted by Gasteiger charge is 2.27. The summed E-state index contributed by atoms with van der Waals surface area (Å²) in [6, 6.07) is 7.48. The van der Waals surface area contributed by atoms with E-state index in [-0.39, 0.29) is 18.6 Å². The first-order valence-electron chi connectivity index (χ1n) is 9.29. The standard InChI is InChI=1S/C20H28N4O3/c1-12(2)17(11-25)23-20-22-16(13-5-6-13)10-19(24-20)21-15-8-7-14(26-3)9-18(15)27-4/h7-10,12-13,17,25H,5-6,11H2,1-4H3,(H2,21,22,23,24)/t17-/m1/s1. The Kier molecular flexibility index (Phi) is 6.01. The van der Waals surface area contributed by atoms with E-state index < -0.39 is 0 Å². The molecule has 1 aromatic carbocycles. The van der Waals surface area contributed by atoms with Gasteiger partial charge in [0, 0.05) is 18.1 Å². The first kappa shape index (κ1) is 19.2. The summed E-state index contributed by atoms with van der Waals surface area (Å²) in [7, 11) is 3.25. The number of rotatable bonds is 9. The van der Waals surface area contributed by atoms with Gasteiger partial charge in [0.25, 0.3) is 0 Å². The molecule has 0 bridgehead atoms. The Hall–Kier alpha value is -2.54. The molecule has 0 aliphatic heterocycles. The van der Waals surface area contributed by atoms with E-state index in [4.69, 9.17) is 9.47 Å². The van der Waals surface area contributed by atoms with Crippen LogP contribution in [0.3, 0.4) is 0 Å². The maximum Gasteiger partial charge on any atom is 0.225 e. The highest BCUT2D eigenvalue weighted by Crippen LogP contribution is 2.40. The number of aliphatic hydroxyl groups is 1. The Morgan fingerprint density at radius 2 is 1.93 bits per heavy atom. The number of nitrogens with one attached hydrogen (secondary N) is 2. The van der Waals surface area contributed by atoms with Crippen LogP contribution in [-0.4, -0.2) is 41.9 Å². The molecule has 1 aliphatic rings. The van der Waals surface area contributed by atoms with Crippen molar-refractivity contribution in [3.05, 3.63) is 30.0 Å². The van der Waals surface area contributed by atoms with E-state index in [2.05, 4.69) is 34.4 Å². The predicted molar refractivity (Wildman–Crippen MR) is 106 cm³/mol. The Labute approximate surface area is 160 Å². The lowest BCUT2D eigenvalue weighted by molar-refractivity contribution is 0.248. The summed E-state index contributed by atoms with van der Waals surface area (Å²) < 4.78 is 10.7. The molecule has 27 heavy (non-hydrogen) atoms. The Morgan fingerprint density at radius 3 is 2.52 bits per heavy atom. The highest BCUT2D eigenvalue weighted by molar-refractivity contribution is 5.66. The topological polar surface area (TPSA) is 88.5 Å². The molecule has 1 fully saturated rings. The zero-order valence-corrected chi connectivity index (χ0v) is 16.3. The molecule has 0 unspecified atom stereocenters. The second-order valence-electron chi connectivity index (χ2n) is 7.14. The number of ether oxygens (including phenoxy) is 2. The van der Waals surface area contributed by atoms with Crippen molar-refractivity contribution in [2.24, 2.45) is 5.92 Å². The van der Waals surface area contributed by atoms with Crippen LogP contribution in [0, 0.1) is 5.92 Å². The lowest BCUT2D eigenvalue weighted by Crippen LogP contribution is -2.30. The van der Waals surface area contributed by atoms with Gasteiger partial charge in [0.05, 0.1) is 38.2 Å². The van der Waals surface area contributed by atoms with Gasteiger partial charge < -0.3 is 25.2 Å². The van der Waals surface area contributed by atoms with Crippen LogP contribution in [0.25, 0.3) is 0 Å². The van der Waals surface area contributed by atoms with Crippen molar-refractivity contribution in [2.45, 2.75) is 38.6 Å². The van der Waals surface area contributed by atoms with E-state index in [1.807, 2.05) is 24.3 Å². The lowest BCUT2D eigenvalue weighted by Gasteiger charge is -2.21. The van der Waals surface area contributed by atoms with E-state index in [1.54, 1.807) is 14.2 Å². The van der Waals surface area contributed by atoms with Crippen molar-refractivity contribution in [3.8, 4) is 11.5 Å². The molecule has 0 amide bonds. The van der Waals surface area contributed by atoms with Gasteiger partial charge in [-0.05, 0) is 30.9 Å². The number of hydrogen-bond acceptors (Lipinski definition) is 7. The van der Waals surface area contributed by atoms with E-state index in [1.165, 1.54) is 0 Å². The Bertz CT molecular complexity index is 778. The second-order valence-corrected chi connectivity index (χ2v) is 7.14. The van der Waals surface area contributed by atoms with Crippen LogP contribution in [0.1, 0.15) is 38.3 Å². The van der Waals surface area contributed by atoms with Crippen LogP contribution < -0.4 is 20.1 Å². The summed E-state index contributed by atoms with van der Waals surface area (Å²) in [6.45, 7) is 4.14. The normalized spacial score (nSPS) is 14.7. The van der Waals surface area contributed by atoms with Gasteiger partial charge in [0.15, 0.2) is 0 Å². The lowest BCUT2D eigenvalue weighted by atomic mass is 10.1. The number of aliphatic hydroxyl groups excluding tert-OH is 1. The molecule has 3 rings (SSSR count). The van der Waals surface area contributed by atoms with Crippen molar-refractivity contribution in [1.82, 2.24) is 9.97 Å². The van der Waals surface area contributed by atoms with Crippen LogP contribution in [0.5, 0.6) is 11.5 Å². The molecular weight excluding hydrogens is 344 g/mol. The number of benzene rings is 1. The molecule has 1 saturated carbocycles. The third-order valence-corrected chi connectivity index (χ3v) is 4.73. The van der Waals surface area contributed by atoms with E-state index in [9.17, 15) is 5.11 Å². The fourth-order valence-electron chi connectivity index (χ4n) is 2.81. The fraction of sp³-hybridized carbons (Fsp3) is 0.500. The number of anilines is 3. The number of methoxy groups -OCH3 is 2. The summed E-state index contributed by atoms with van der Waals surface area (Å²) in [4.78, 5) is 9.25. The minimum atomic E-state index is -0.0946. The molecule has 1 aromatic heterocycles. The molecule has 1 aliphatic carbocycles. The monoisotopic (exact) mass is 372 g/mol. The van der Waals surface area contributed by atoms with Gasteiger partial charge in [0.2, 0.25) is 5.95 Å². The van der Waals surface area contributed by atoms with Crippen LogP contribution >= 0.6 is 0 Å². The van der Waals surface area contributed by atoms with Crippen LogP contribution in [0.15, 0.2) is 24.3 Å². The zero-order chi connectivity index (χ0) is 19.4. The summed E-state index contributed by atoms with van der Waals surface area (Å²) in [5.74, 6) is 3.37. The first-order chi connectivity index (χ1) is 13.0. The number of nitrogens with zero attached hydrogens (tertiary/aromatic N) is 2. The van der Waals surface area contributed by atoms with Gasteiger partial charge in [-0.3, -0.25) is 0 Å². The van der Waals surface area contributed by atoms with Gasteiger partial charge in [-0.2, -0.15) is 4.98 Å².